The standard InChI is InChI=1S/C26H34O8/c1-5-6-8-13(2)20(29)18-19-15-12-31-26(25-16(27)9-7-10-23(25,3)34-25)21(32-26)14(15)11-17(28)24(19,4)33-22(18)30/h7-9,12,14,16-21,27-29H,5-6,10-11H2,1-4H3/b13-8+/t14-,16+,17+,18+,19-,20-,21-,23?,24-,25-,26+/m1/s1. The number of allylic oxidation sites excluding steroid dienone is 1. The quantitative estimate of drug-likeness (QED) is 0.314. The Morgan fingerprint density at radius 2 is 2.09 bits per heavy atom. The number of ether oxygens (including phenoxy) is 4. The first kappa shape index (κ1) is 22.7. The molecule has 3 saturated heterocycles. The van der Waals surface area contributed by atoms with Gasteiger partial charge in [-0.1, -0.05) is 31.6 Å². The summed E-state index contributed by atoms with van der Waals surface area (Å²) >= 11 is 0. The topological polar surface area (TPSA) is 121 Å². The summed E-state index contributed by atoms with van der Waals surface area (Å²) in [6.07, 6.45) is 6.66. The van der Waals surface area contributed by atoms with Crippen LogP contribution < -0.4 is 0 Å². The van der Waals surface area contributed by atoms with Gasteiger partial charge in [0.1, 0.15) is 23.4 Å². The van der Waals surface area contributed by atoms with Crippen molar-refractivity contribution < 1.29 is 39.1 Å². The minimum Gasteiger partial charge on any atom is -0.464 e. The molecule has 1 unspecified atom stereocenters. The van der Waals surface area contributed by atoms with Crippen LogP contribution in [0.25, 0.3) is 0 Å². The van der Waals surface area contributed by atoms with E-state index in [0.717, 1.165) is 24.0 Å². The predicted molar refractivity (Wildman–Crippen MR) is 119 cm³/mol. The van der Waals surface area contributed by atoms with Crippen LogP contribution in [0.1, 0.15) is 53.4 Å². The van der Waals surface area contributed by atoms with Crippen LogP contribution in [0, 0.1) is 17.8 Å². The molecule has 186 valence electrons. The molecule has 1 saturated carbocycles. The average Bonchev–Trinajstić information content (AvgIpc) is 3.66. The van der Waals surface area contributed by atoms with Gasteiger partial charge < -0.3 is 34.3 Å². The fourth-order valence-electron chi connectivity index (χ4n) is 7.28. The molecule has 0 bridgehead atoms. The molecule has 8 nitrogen and oxygen atoms in total. The number of carbonyl (C=O) groups is 1. The van der Waals surface area contributed by atoms with E-state index < -0.39 is 64.8 Å². The van der Waals surface area contributed by atoms with Crippen LogP contribution in [0.5, 0.6) is 0 Å². The molecule has 34 heavy (non-hydrogen) atoms. The van der Waals surface area contributed by atoms with Crippen LogP contribution in [-0.2, 0) is 23.7 Å². The Bertz CT molecular complexity index is 1020. The van der Waals surface area contributed by atoms with Crippen molar-refractivity contribution >= 4 is 5.97 Å². The molecule has 11 atom stereocenters. The Labute approximate surface area is 199 Å². The molecule has 6 aliphatic rings. The average molecular weight is 475 g/mol. The van der Waals surface area contributed by atoms with E-state index in [1.165, 1.54) is 0 Å². The molecule has 0 spiro atoms. The van der Waals surface area contributed by atoms with Crippen molar-refractivity contribution in [3.63, 3.8) is 0 Å². The Balaban J connectivity index is 1.37. The Morgan fingerprint density at radius 1 is 1.32 bits per heavy atom. The fourth-order valence-corrected chi connectivity index (χ4v) is 7.28. The highest BCUT2D eigenvalue weighted by Crippen LogP contribution is 2.72. The lowest BCUT2D eigenvalue weighted by Crippen LogP contribution is -2.58. The maximum atomic E-state index is 13.1. The lowest BCUT2D eigenvalue weighted by atomic mass is 9.60. The van der Waals surface area contributed by atoms with E-state index in [2.05, 4.69) is 6.92 Å². The molecular weight excluding hydrogens is 440 g/mol. The van der Waals surface area contributed by atoms with Gasteiger partial charge in [0.25, 0.3) is 5.79 Å². The van der Waals surface area contributed by atoms with Gasteiger partial charge in [-0.3, -0.25) is 4.79 Å². The number of hydrogen-bond donors (Lipinski definition) is 3. The molecule has 0 radical (unpaired) electrons. The first-order chi connectivity index (χ1) is 16.1. The number of aliphatic hydroxyl groups is 3. The first-order valence-corrected chi connectivity index (χ1v) is 12.4. The number of aliphatic hydroxyl groups excluding tert-OH is 3. The molecule has 8 heteroatoms. The van der Waals surface area contributed by atoms with E-state index in [9.17, 15) is 20.1 Å². The number of carbonyl (C=O) groups excluding carboxylic acids is 1. The van der Waals surface area contributed by atoms with E-state index in [1.54, 1.807) is 19.3 Å². The van der Waals surface area contributed by atoms with Crippen molar-refractivity contribution in [3.8, 4) is 0 Å². The van der Waals surface area contributed by atoms with Crippen molar-refractivity contribution in [2.45, 2.75) is 100 Å². The SMILES string of the molecule is CCC/C=C(\C)[C@@H](O)[C@H]1C(=O)O[C@@]2(C)[C@@H]1C1=CO[C@]3([C@]45OC4(C)CC=C[C@@H]5O)O[C@@H]3[C@@H]1C[C@@H]2O. The molecule has 0 aromatic carbocycles. The molecule has 4 aliphatic heterocycles. The lowest BCUT2D eigenvalue weighted by molar-refractivity contribution is -0.163. The number of unbranched alkanes of at least 4 members (excludes halogenated alkanes) is 1. The number of fused-ring (bicyclic) bond motifs is 7. The first-order valence-electron chi connectivity index (χ1n) is 12.4. The summed E-state index contributed by atoms with van der Waals surface area (Å²) in [4.78, 5) is 13.1. The highest BCUT2D eigenvalue weighted by molar-refractivity contribution is 5.78. The lowest BCUT2D eigenvalue weighted by Gasteiger charge is -2.46. The van der Waals surface area contributed by atoms with Gasteiger partial charge in [0.2, 0.25) is 0 Å². The smallest absolute Gasteiger partial charge is 0.313 e. The van der Waals surface area contributed by atoms with Gasteiger partial charge in [-0.2, -0.15) is 0 Å². The van der Waals surface area contributed by atoms with Crippen LogP contribution in [-0.4, -0.2) is 68.3 Å². The summed E-state index contributed by atoms with van der Waals surface area (Å²) in [6, 6.07) is 0. The summed E-state index contributed by atoms with van der Waals surface area (Å²) < 4.78 is 24.4. The van der Waals surface area contributed by atoms with Gasteiger partial charge in [0, 0.05) is 11.8 Å². The van der Waals surface area contributed by atoms with Gasteiger partial charge in [-0.15, -0.1) is 0 Å². The zero-order chi connectivity index (χ0) is 24.3. The summed E-state index contributed by atoms with van der Waals surface area (Å²) in [5, 5.41) is 33.2. The zero-order valence-electron chi connectivity index (χ0n) is 20.1. The monoisotopic (exact) mass is 474 g/mol. The van der Waals surface area contributed by atoms with Gasteiger partial charge in [-0.25, -0.2) is 0 Å². The van der Waals surface area contributed by atoms with Crippen molar-refractivity contribution in [1.82, 2.24) is 0 Å². The Morgan fingerprint density at radius 3 is 2.79 bits per heavy atom. The van der Waals surface area contributed by atoms with Crippen LogP contribution in [0.4, 0.5) is 0 Å². The number of hydrogen-bond acceptors (Lipinski definition) is 8. The second kappa shape index (κ2) is 6.95. The third-order valence-electron chi connectivity index (χ3n) is 9.30. The van der Waals surface area contributed by atoms with Crippen molar-refractivity contribution in [3.05, 3.63) is 35.6 Å². The van der Waals surface area contributed by atoms with Crippen molar-refractivity contribution in [2.75, 3.05) is 0 Å². The van der Waals surface area contributed by atoms with E-state index in [-0.39, 0.29) is 5.92 Å². The molecule has 4 fully saturated rings. The van der Waals surface area contributed by atoms with Crippen molar-refractivity contribution in [2.24, 2.45) is 17.8 Å². The van der Waals surface area contributed by atoms with Crippen LogP contribution in [0.3, 0.4) is 0 Å². The molecule has 2 aliphatic carbocycles. The number of esters is 1. The second-order valence-electron chi connectivity index (χ2n) is 11.2. The van der Waals surface area contributed by atoms with E-state index >= 15 is 0 Å². The normalized spacial score (nSPS) is 53.4. The molecule has 0 aromatic rings. The molecule has 6 rings (SSSR count). The molecule has 4 heterocycles. The molecule has 3 N–H and O–H groups in total. The van der Waals surface area contributed by atoms with E-state index in [0.29, 0.717) is 12.8 Å². The van der Waals surface area contributed by atoms with Gasteiger partial charge in [0.05, 0.1) is 24.4 Å². The largest absolute Gasteiger partial charge is 0.464 e. The Hall–Kier alpha value is -1.71. The van der Waals surface area contributed by atoms with Crippen LogP contribution >= 0.6 is 0 Å². The summed E-state index contributed by atoms with van der Waals surface area (Å²) in [5.74, 6) is -3.30. The minimum absolute atomic E-state index is 0.244. The number of rotatable bonds is 5. The van der Waals surface area contributed by atoms with Crippen LogP contribution in [0.15, 0.2) is 35.6 Å². The van der Waals surface area contributed by atoms with E-state index in [1.807, 2.05) is 26.0 Å². The molecule has 0 aromatic heterocycles. The van der Waals surface area contributed by atoms with Gasteiger partial charge in [-0.05, 0) is 51.2 Å². The summed E-state index contributed by atoms with van der Waals surface area (Å²) in [6.45, 7) is 7.56. The third kappa shape index (κ3) is 2.53. The highest BCUT2D eigenvalue weighted by atomic mass is 16.8. The zero-order valence-corrected chi connectivity index (χ0v) is 20.1. The fraction of sp³-hybridized carbons (Fsp3) is 0.731. The van der Waals surface area contributed by atoms with Crippen LogP contribution in [0.2, 0.25) is 0 Å². The van der Waals surface area contributed by atoms with Gasteiger partial charge >= 0.3 is 5.97 Å². The maximum absolute atomic E-state index is 13.1. The second-order valence-corrected chi connectivity index (χ2v) is 11.2. The molecule has 0 amide bonds. The number of epoxide rings is 2. The van der Waals surface area contributed by atoms with Gasteiger partial charge in [0.15, 0.2) is 5.60 Å². The summed E-state index contributed by atoms with van der Waals surface area (Å²) in [7, 11) is 0. The minimum atomic E-state index is -1.16. The molecular formula is C26H34O8. The maximum Gasteiger partial charge on any atom is 0.313 e. The Kier molecular flexibility index (Phi) is 4.64. The van der Waals surface area contributed by atoms with E-state index in [4.69, 9.17) is 18.9 Å². The predicted octanol–water partition coefficient (Wildman–Crippen LogP) is 1.88. The third-order valence-corrected chi connectivity index (χ3v) is 9.30. The summed E-state index contributed by atoms with van der Waals surface area (Å²) in [5.41, 5.74) is -1.23. The highest BCUT2D eigenvalue weighted by Gasteiger charge is 2.92. The van der Waals surface area contributed by atoms with Crippen molar-refractivity contribution in [1.29, 1.82) is 0 Å².